The van der Waals surface area contributed by atoms with Gasteiger partial charge in [0.25, 0.3) is 0 Å². The molecule has 1 unspecified atom stereocenters. The zero-order valence-corrected chi connectivity index (χ0v) is 11.8. The summed E-state index contributed by atoms with van der Waals surface area (Å²) < 4.78 is 27.3. The smallest absolute Gasteiger partial charge is 0.130 e. The van der Waals surface area contributed by atoms with Crippen molar-refractivity contribution in [2.24, 2.45) is 0 Å². The number of aryl methyl sites for hydroxylation is 2. The summed E-state index contributed by atoms with van der Waals surface area (Å²) in [7, 11) is 0. The van der Waals surface area contributed by atoms with Gasteiger partial charge < -0.3 is 0 Å². The first-order valence-corrected chi connectivity index (χ1v) is 6.89. The Kier molecular flexibility index (Phi) is 3.64. The second kappa shape index (κ2) is 4.86. The van der Waals surface area contributed by atoms with E-state index in [1.165, 1.54) is 18.2 Å². The number of thiophene rings is 1. The number of halogens is 3. The van der Waals surface area contributed by atoms with Crippen LogP contribution in [0.1, 0.15) is 25.7 Å². The topological polar surface area (TPSA) is 0 Å². The lowest BCUT2D eigenvalue weighted by Gasteiger charge is -2.11. The number of hydrogen-bond acceptors (Lipinski definition) is 1. The van der Waals surface area contributed by atoms with E-state index < -0.39 is 16.5 Å². The Balaban J connectivity index is 2.51. The summed E-state index contributed by atoms with van der Waals surface area (Å²) in [5.74, 6) is -1.03. The molecule has 0 spiro atoms. The van der Waals surface area contributed by atoms with Crippen molar-refractivity contribution in [3.05, 3.63) is 56.8 Å². The van der Waals surface area contributed by atoms with Crippen LogP contribution in [0.5, 0.6) is 0 Å². The summed E-state index contributed by atoms with van der Waals surface area (Å²) in [6, 6.07) is 5.96. The lowest BCUT2D eigenvalue weighted by molar-refractivity contribution is 0.561. The van der Waals surface area contributed by atoms with Crippen molar-refractivity contribution in [2.45, 2.75) is 18.7 Å². The zero-order chi connectivity index (χ0) is 12.6. The Morgan fingerprint density at radius 1 is 1.18 bits per heavy atom. The van der Waals surface area contributed by atoms with Gasteiger partial charge in [0.2, 0.25) is 0 Å². The molecule has 0 N–H and O–H groups in total. The molecule has 0 saturated heterocycles. The maximum atomic E-state index is 13.7. The Morgan fingerprint density at radius 2 is 1.76 bits per heavy atom. The van der Waals surface area contributed by atoms with E-state index in [0.717, 1.165) is 15.3 Å². The van der Waals surface area contributed by atoms with Gasteiger partial charge in [0, 0.05) is 15.3 Å². The fourth-order valence-electron chi connectivity index (χ4n) is 1.79. The highest BCUT2D eigenvalue weighted by Crippen LogP contribution is 2.39. The Morgan fingerprint density at radius 3 is 2.24 bits per heavy atom. The van der Waals surface area contributed by atoms with Gasteiger partial charge >= 0.3 is 0 Å². The summed E-state index contributed by atoms with van der Waals surface area (Å²) in [5.41, 5.74) is 1.13. The highest BCUT2D eigenvalue weighted by atomic mass is 79.9. The SMILES string of the molecule is Cc1cc(C)c(C(Br)c2c(F)cccc2F)s1. The summed E-state index contributed by atoms with van der Waals surface area (Å²) >= 11 is 4.94. The van der Waals surface area contributed by atoms with E-state index in [1.807, 2.05) is 19.9 Å². The second-order valence-electron chi connectivity index (χ2n) is 3.90. The molecule has 1 heterocycles. The van der Waals surface area contributed by atoms with E-state index in [4.69, 9.17) is 0 Å². The van der Waals surface area contributed by atoms with E-state index in [0.29, 0.717) is 0 Å². The molecule has 0 amide bonds. The minimum absolute atomic E-state index is 0.0810. The van der Waals surface area contributed by atoms with E-state index in [-0.39, 0.29) is 5.56 Å². The highest BCUT2D eigenvalue weighted by Gasteiger charge is 2.22. The van der Waals surface area contributed by atoms with Gasteiger partial charge in [0.1, 0.15) is 11.6 Å². The van der Waals surface area contributed by atoms with E-state index in [9.17, 15) is 8.78 Å². The molecule has 0 nitrogen and oxygen atoms in total. The lowest BCUT2D eigenvalue weighted by Crippen LogP contribution is -1.99. The number of hydrogen-bond donors (Lipinski definition) is 0. The van der Waals surface area contributed by atoms with Gasteiger partial charge in [-0.15, -0.1) is 11.3 Å². The largest absolute Gasteiger partial charge is 0.207 e. The summed E-state index contributed by atoms with van der Waals surface area (Å²) in [5, 5.41) is 0. The quantitative estimate of drug-likeness (QED) is 0.674. The second-order valence-corrected chi connectivity index (χ2v) is 6.11. The molecule has 0 radical (unpaired) electrons. The van der Waals surface area contributed by atoms with Gasteiger partial charge in [-0.05, 0) is 37.6 Å². The first-order valence-electron chi connectivity index (χ1n) is 5.15. The van der Waals surface area contributed by atoms with Crippen LogP contribution in [0.15, 0.2) is 24.3 Å². The van der Waals surface area contributed by atoms with Crippen LogP contribution in [-0.4, -0.2) is 0 Å². The molecule has 0 saturated carbocycles. The summed E-state index contributed by atoms with van der Waals surface area (Å²) in [6.07, 6.45) is 0. The fraction of sp³-hybridized carbons (Fsp3) is 0.231. The van der Waals surface area contributed by atoms with Crippen molar-refractivity contribution in [2.75, 3.05) is 0 Å². The standard InChI is InChI=1S/C13H11BrF2S/c1-7-6-8(2)17-13(7)12(14)11-9(15)4-3-5-10(11)16/h3-6,12H,1-2H3. The molecule has 1 aromatic heterocycles. The van der Waals surface area contributed by atoms with Crippen LogP contribution in [0, 0.1) is 25.5 Å². The van der Waals surface area contributed by atoms with Crippen LogP contribution < -0.4 is 0 Å². The Hall–Kier alpha value is -0.740. The highest BCUT2D eigenvalue weighted by molar-refractivity contribution is 9.09. The van der Waals surface area contributed by atoms with Crippen molar-refractivity contribution in [3.63, 3.8) is 0 Å². The van der Waals surface area contributed by atoms with Crippen molar-refractivity contribution >= 4 is 27.3 Å². The molecule has 0 fully saturated rings. The molecular formula is C13H11BrF2S. The van der Waals surface area contributed by atoms with Gasteiger partial charge in [-0.2, -0.15) is 0 Å². The monoisotopic (exact) mass is 316 g/mol. The average Bonchev–Trinajstić information content (AvgIpc) is 2.57. The van der Waals surface area contributed by atoms with E-state index in [1.54, 1.807) is 11.3 Å². The van der Waals surface area contributed by atoms with Crippen LogP contribution in [0.3, 0.4) is 0 Å². The van der Waals surface area contributed by atoms with Gasteiger partial charge in [-0.25, -0.2) is 8.78 Å². The first kappa shape index (κ1) is 12.7. The van der Waals surface area contributed by atoms with Crippen LogP contribution >= 0.6 is 27.3 Å². The molecule has 0 bridgehead atoms. The van der Waals surface area contributed by atoms with Crippen molar-refractivity contribution in [3.8, 4) is 0 Å². The maximum Gasteiger partial charge on any atom is 0.130 e. The molecule has 4 heteroatoms. The minimum Gasteiger partial charge on any atom is -0.207 e. The predicted molar refractivity (Wildman–Crippen MR) is 70.9 cm³/mol. The molecule has 17 heavy (non-hydrogen) atoms. The molecule has 0 aliphatic carbocycles. The Bertz CT molecular complexity index is 528. The third-order valence-corrected chi connectivity index (χ3v) is 5.00. The maximum absolute atomic E-state index is 13.7. The third-order valence-electron chi connectivity index (χ3n) is 2.56. The van der Waals surface area contributed by atoms with Crippen molar-refractivity contribution in [1.82, 2.24) is 0 Å². The molecule has 90 valence electrons. The third kappa shape index (κ3) is 2.43. The van der Waals surface area contributed by atoms with Crippen LogP contribution in [0.25, 0.3) is 0 Å². The van der Waals surface area contributed by atoms with E-state index >= 15 is 0 Å². The normalized spacial score (nSPS) is 12.8. The summed E-state index contributed by atoms with van der Waals surface area (Å²) in [4.78, 5) is 1.66. The van der Waals surface area contributed by atoms with Gasteiger partial charge in [-0.1, -0.05) is 22.0 Å². The molecule has 2 aromatic rings. The molecule has 1 atom stereocenters. The molecule has 1 aromatic carbocycles. The van der Waals surface area contributed by atoms with Crippen LogP contribution in [0.2, 0.25) is 0 Å². The van der Waals surface area contributed by atoms with Gasteiger partial charge in [-0.3, -0.25) is 0 Å². The number of rotatable bonds is 2. The first-order chi connectivity index (χ1) is 8.00. The van der Waals surface area contributed by atoms with Gasteiger partial charge in [0.15, 0.2) is 0 Å². The molecule has 2 rings (SSSR count). The average molecular weight is 317 g/mol. The summed E-state index contributed by atoms with van der Waals surface area (Å²) in [6.45, 7) is 3.93. The predicted octanol–water partition coefficient (Wildman–Crippen LogP) is 5.13. The fourth-order valence-corrected chi connectivity index (χ4v) is 3.90. The molecular weight excluding hydrogens is 306 g/mol. The minimum atomic E-state index is -0.516. The van der Waals surface area contributed by atoms with Crippen LogP contribution in [-0.2, 0) is 0 Å². The van der Waals surface area contributed by atoms with Crippen LogP contribution in [0.4, 0.5) is 8.78 Å². The molecule has 0 aliphatic rings. The molecule has 0 aliphatic heterocycles. The lowest BCUT2D eigenvalue weighted by atomic mass is 10.1. The van der Waals surface area contributed by atoms with E-state index in [2.05, 4.69) is 15.9 Å². The number of alkyl halides is 1. The van der Waals surface area contributed by atoms with Crippen molar-refractivity contribution in [1.29, 1.82) is 0 Å². The van der Waals surface area contributed by atoms with Gasteiger partial charge in [0.05, 0.1) is 4.83 Å². The zero-order valence-electron chi connectivity index (χ0n) is 9.43. The number of benzene rings is 1. The van der Waals surface area contributed by atoms with Crippen molar-refractivity contribution < 1.29 is 8.78 Å². The Labute approximate surface area is 111 Å².